The van der Waals surface area contributed by atoms with E-state index in [0.29, 0.717) is 13.0 Å². The van der Waals surface area contributed by atoms with Crippen molar-refractivity contribution in [3.8, 4) is 0 Å². The van der Waals surface area contributed by atoms with Crippen LogP contribution >= 0.6 is 0 Å². The zero-order valence-electron chi connectivity index (χ0n) is 9.89. The zero-order chi connectivity index (χ0) is 12.2. The molecule has 1 rings (SSSR count). The molecule has 3 heteroatoms. The second-order valence-electron chi connectivity index (χ2n) is 4.29. The van der Waals surface area contributed by atoms with Crippen molar-refractivity contribution in [3.63, 3.8) is 0 Å². The predicted molar refractivity (Wildman–Crippen MR) is 62.1 cm³/mol. The molecule has 90 valence electrons. The smallest absolute Gasteiger partial charge is 0.129 e. The molecule has 0 aliphatic carbocycles. The summed E-state index contributed by atoms with van der Waals surface area (Å²) in [6, 6.07) is 3.98. The van der Waals surface area contributed by atoms with Crippen molar-refractivity contribution in [2.75, 3.05) is 6.54 Å². The third kappa shape index (κ3) is 2.59. The highest BCUT2D eigenvalue weighted by atomic mass is 19.1. The summed E-state index contributed by atoms with van der Waals surface area (Å²) in [5, 5.41) is 0. The first-order valence-corrected chi connectivity index (χ1v) is 5.71. The number of benzene rings is 1. The third-order valence-electron chi connectivity index (χ3n) is 3.55. The molecular formula is C13H19F2N. The zero-order valence-corrected chi connectivity index (χ0v) is 9.89. The van der Waals surface area contributed by atoms with E-state index in [1.807, 2.05) is 13.8 Å². The van der Waals surface area contributed by atoms with Crippen LogP contribution in [0, 0.1) is 17.0 Å². The highest BCUT2D eigenvalue weighted by Crippen LogP contribution is 2.31. The van der Waals surface area contributed by atoms with E-state index in [1.165, 1.54) is 18.2 Å². The van der Waals surface area contributed by atoms with E-state index in [1.54, 1.807) is 0 Å². The molecule has 0 saturated carbocycles. The van der Waals surface area contributed by atoms with Gasteiger partial charge < -0.3 is 5.73 Å². The maximum Gasteiger partial charge on any atom is 0.129 e. The summed E-state index contributed by atoms with van der Waals surface area (Å²) in [6.07, 6.45) is 2.02. The van der Waals surface area contributed by atoms with Crippen molar-refractivity contribution in [2.45, 2.75) is 33.1 Å². The fraction of sp³-hybridized carbons (Fsp3) is 0.538. The molecular weight excluding hydrogens is 208 g/mol. The van der Waals surface area contributed by atoms with E-state index in [0.717, 1.165) is 12.8 Å². The maximum atomic E-state index is 13.5. The Balaban J connectivity index is 3.02. The van der Waals surface area contributed by atoms with Gasteiger partial charge in [-0.1, -0.05) is 19.9 Å². The van der Waals surface area contributed by atoms with Crippen molar-refractivity contribution in [2.24, 2.45) is 11.1 Å². The van der Waals surface area contributed by atoms with Gasteiger partial charge in [-0.25, -0.2) is 8.78 Å². The Hall–Kier alpha value is -0.960. The van der Waals surface area contributed by atoms with Crippen LogP contribution in [0.3, 0.4) is 0 Å². The summed E-state index contributed by atoms with van der Waals surface area (Å²) < 4.78 is 27.0. The minimum atomic E-state index is -0.472. The van der Waals surface area contributed by atoms with E-state index in [-0.39, 0.29) is 11.0 Å². The topological polar surface area (TPSA) is 26.0 Å². The summed E-state index contributed by atoms with van der Waals surface area (Å²) in [6.45, 7) is 4.47. The molecule has 1 aromatic rings. The van der Waals surface area contributed by atoms with Gasteiger partial charge in [-0.15, -0.1) is 0 Å². The third-order valence-corrected chi connectivity index (χ3v) is 3.55. The standard InChI is InChI=1S/C13H19F2N/c1-3-13(4-2,9-16)8-10-11(14)6-5-7-12(10)15/h5-7H,3-4,8-9,16H2,1-2H3. The summed E-state index contributed by atoms with van der Waals surface area (Å²) >= 11 is 0. The molecule has 2 N–H and O–H groups in total. The van der Waals surface area contributed by atoms with Crippen LogP contribution < -0.4 is 5.73 Å². The predicted octanol–water partition coefficient (Wildman–Crippen LogP) is 3.27. The molecule has 0 fully saturated rings. The van der Waals surface area contributed by atoms with E-state index in [9.17, 15) is 8.78 Å². The second-order valence-corrected chi connectivity index (χ2v) is 4.29. The molecule has 0 aromatic heterocycles. The normalized spacial score (nSPS) is 11.8. The summed E-state index contributed by atoms with van der Waals surface area (Å²) in [7, 11) is 0. The van der Waals surface area contributed by atoms with Crippen molar-refractivity contribution < 1.29 is 8.78 Å². The molecule has 0 heterocycles. The fourth-order valence-corrected chi connectivity index (χ4v) is 1.94. The van der Waals surface area contributed by atoms with Crippen LogP contribution in [-0.2, 0) is 6.42 Å². The fourth-order valence-electron chi connectivity index (χ4n) is 1.94. The van der Waals surface area contributed by atoms with E-state index in [4.69, 9.17) is 5.73 Å². The summed E-state index contributed by atoms with van der Waals surface area (Å²) in [4.78, 5) is 0. The van der Waals surface area contributed by atoms with E-state index >= 15 is 0 Å². The molecule has 0 radical (unpaired) electrons. The Morgan fingerprint density at radius 1 is 1.12 bits per heavy atom. The molecule has 0 saturated heterocycles. The molecule has 1 nitrogen and oxygen atoms in total. The van der Waals surface area contributed by atoms with Gasteiger partial charge >= 0.3 is 0 Å². The van der Waals surface area contributed by atoms with Gasteiger partial charge in [0.1, 0.15) is 11.6 Å². The van der Waals surface area contributed by atoms with Gasteiger partial charge in [0, 0.05) is 5.56 Å². The van der Waals surface area contributed by atoms with Gasteiger partial charge in [-0.3, -0.25) is 0 Å². The van der Waals surface area contributed by atoms with Gasteiger partial charge in [-0.2, -0.15) is 0 Å². The Kier molecular flexibility index (Phi) is 4.42. The van der Waals surface area contributed by atoms with Gasteiger partial charge in [0.2, 0.25) is 0 Å². The average Bonchev–Trinajstić information content (AvgIpc) is 2.30. The van der Waals surface area contributed by atoms with Crippen LogP contribution in [0.5, 0.6) is 0 Å². The van der Waals surface area contributed by atoms with Crippen LogP contribution in [0.15, 0.2) is 18.2 Å². The molecule has 0 aliphatic rings. The van der Waals surface area contributed by atoms with Gasteiger partial charge in [-0.05, 0) is 43.4 Å². The first-order valence-electron chi connectivity index (χ1n) is 5.71. The highest BCUT2D eigenvalue weighted by molar-refractivity contribution is 5.21. The molecule has 0 spiro atoms. The summed E-state index contributed by atoms with van der Waals surface area (Å²) in [5.41, 5.74) is 5.70. The van der Waals surface area contributed by atoms with E-state index < -0.39 is 11.6 Å². The van der Waals surface area contributed by atoms with E-state index in [2.05, 4.69) is 0 Å². The molecule has 0 atom stereocenters. The molecule has 0 aliphatic heterocycles. The van der Waals surface area contributed by atoms with Crippen LogP contribution in [0.1, 0.15) is 32.3 Å². The van der Waals surface area contributed by atoms with Gasteiger partial charge in [0.25, 0.3) is 0 Å². The minimum absolute atomic E-state index is 0.164. The average molecular weight is 227 g/mol. The Bertz CT molecular complexity index is 317. The molecule has 0 unspecified atom stereocenters. The van der Waals surface area contributed by atoms with Crippen molar-refractivity contribution in [1.82, 2.24) is 0 Å². The molecule has 16 heavy (non-hydrogen) atoms. The maximum absolute atomic E-state index is 13.5. The van der Waals surface area contributed by atoms with Crippen molar-refractivity contribution in [3.05, 3.63) is 35.4 Å². The highest BCUT2D eigenvalue weighted by Gasteiger charge is 2.27. The number of hydrogen-bond acceptors (Lipinski definition) is 1. The Morgan fingerprint density at radius 2 is 1.62 bits per heavy atom. The van der Waals surface area contributed by atoms with Crippen LogP contribution in [0.25, 0.3) is 0 Å². The largest absolute Gasteiger partial charge is 0.330 e. The number of rotatable bonds is 5. The minimum Gasteiger partial charge on any atom is -0.330 e. The van der Waals surface area contributed by atoms with Gasteiger partial charge in [0.05, 0.1) is 0 Å². The van der Waals surface area contributed by atoms with Crippen molar-refractivity contribution >= 4 is 0 Å². The lowest BCUT2D eigenvalue weighted by molar-refractivity contribution is 0.264. The summed E-state index contributed by atoms with van der Waals surface area (Å²) in [5.74, 6) is -0.945. The quantitative estimate of drug-likeness (QED) is 0.820. The Labute approximate surface area is 95.7 Å². The SMILES string of the molecule is CCC(CC)(CN)Cc1c(F)cccc1F. The van der Waals surface area contributed by atoms with Crippen LogP contribution in [0.2, 0.25) is 0 Å². The number of halogens is 2. The first kappa shape index (κ1) is 13.1. The lowest BCUT2D eigenvalue weighted by Crippen LogP contribution is -2.32. The number of hydrogen-bond donors (Lipinski definition) is 1. The number of nitrogens with two attached hydrogens (primary N) is 1. The van der Waals surface area contributed by atoms with Crippen molar-refractivity contribution in [1.29, 1.82) is 0 Å². The lowest BCUT2D eigenvalue weighted by atomic mass is 9.77. The monoisotopic (exact) mass is 227 g/mol. The lowest BCUT2D eigenvalue weighted by Gasteiger charge is -2.30. The first-order chi connectivity index (χ1) is 7.58. The Morgan fingerprint density at radius 3 is 2.00 bits per heavy atom. The van der Waals surface area contributed by atoms with Crippen LogP contribution in [-0.4, -0.2) is 6.54 Å². The molecule has 1 aromatic carbocycles. The van der Waals surface area contributed by atoms with Crippen LogP contribution in [0.4, 0.5) is 8.78 Å². The molecule has 0 bridgehead atoms. The second kappa shape index (κ2) is 5.39. The van der Waals surface area contributed by atoms with Gasteiger partial charge in [0.15, 0.2) is 0 Å². The molecule has 0 amide bonds.